The number of amides is 2. The fourth-order valence-corrected chi connectivity index (χ4v) is 2.69. The molecule has 0 saturated heterocycles. The Morgan fingerprint density at radius 1 is 1.48 bits per heavy atom. The number of carbonyl (C=O) groups excluding carboxylic acids is 1. The molecule has 2 amide bonds. The Kier molecular flexibility index (Phi) is 5.30. The monoisotopic (exact) mass is 305 g/mol. The fourth-order valence-electron chi connectivity index (χ4n) is 1.97. The van der Waals surface area contributed by atoms with Crippen LogP contribution in [0, 0.1) is 6.92 Å². The summed E-state index contributed by atoms with van der Waals surface area (Å²) in [6, 6.07) is 5.19. The van der Waals surface area contributed by atoms with Crippen LogP contribution in [0.5, 0.6) is 0 Å². The molecule has 0 bridgehead atoms. The van der Waals surface area contributed by atoms with Crippen LogP contribution >= 0.6 is 11.3 Å². The zero-order valence-electron chi connectivity index (χ0n) is 12.0. The third kappa shape index (κ3) is 4.54. The molecule has 0 aliphatic rings. The van der Waals surface area contributed by atoms with Crippen molar-refractivity contribution in [3.8, 4) is 0 Å². The van der Waals surface area contributed by atoms with E-state index < -0.39 is 6.10 Å². The van der Waals surface area contributed by atoms with Gasteiger partial charge in [0.15, 0.2) is 0 Å². The Morgan fingerprint density at radius 2 is 2.29 bits per heavy atom. The van der Waals surface area contributed by atoms with E-state index in [1.54, 1.807) is 12.4 Å². The molecule has 2 atom stereocenters. The van der Waals surface area contributed by atoms with E-state index in [9.17, 15) is 9.90 Å². The molecule has 0 aromatic carbocycles. The van der Waals surface area contributed by atoms with Gasteiger partial charge in [0, 0.05) is 17.1 Å². The van der Waals surface area contributed by atoms with Crippen LogP contribution in [0.3, 0.4) is 0 Å². The van der Waals surface area contributed by atoms with Gasteiger partial charge in [0.2, 0.25) is 0 Å². The average Bonchev–Trinajstić information content (AvgIpc) is 2.95. The third-order valence-electron chi connectivity index (χ3n) is 3.11. The number of carbonyl (C=O) groups is 1. The maximum absolute atomic E-state index is 11.9. The summed E-state index contributed by atoms with van der Waals surface area (Å²) in [7, 11) is 0. The molecule has 0 saturated carbocycles. The molecule has 0 unspecified atom stereocenters. The van der Waals surface area contributed by atoms with Crippen molar-refractivity contribution in [1.29, 1.82) is 0 Å². The molecule has 0 aliphatic heterocycles. The van der Waals surface area contributed by atoms with Gasteiger partial charge in [0.25, 0.3) is 0 Å². The first-order valence-electron chi connectivity index (χ1n) is 6.76. The number of rotatable bonds is 5. The predicted octanol–water partition coefficient (Wildman–Crippen LogP) is 3.09. The van der Waals surface area contributed by atoms with Crippen LogP contribution in [0.1, 0.15) is 29.9 Å². The Balaban J connectivity index is 1.83. The van der Waals surface area contributed by atoms with E-state index >= 15 is 0 Å². The Bertz CT molecular complexity index is 586. The lowest BCUT2D eigenvalue weighted by molar-refractivity contribution is 0.158. The first-order valence-corrected chi connectivity index (χ1v) is 7.64. The zero-order valence-corrected chi connectivity index (χ0v) is 12.9. The van der Waals surface area contributed by atoms with Gasteiger partial charge in [-0.15, -0.1) is 11.3 Å². The molecule has 0 spiro atoms. The van der Waals surface area contributed by atoms with E-state index in [0.717, 1.165) is 10.4 Å². The number of urea groups is 1. The predicted molar refractivity (Wildman–Crippen MR) is 84.5 cm³/mol. The summed E-state index contributed by atoms with van der Waals surface area (Å²) in [5, 5.41) is 17.6. The molecular weight excluding hydrogens is 286 g/mol. The largest absolute Gasteiger partial charge is 0.387 e. The number of aliphatic hydroxyl groups is 1. The normalized spacial score (nSPS) is 13.5. The van der Waals surface area contributed by atoms with Crippen LogP contribution < -0.4 is 10.6 Å². The van der Waals surface area contributed by atoms with Crippen LogP contribution in [0.25, 0.3) is 0 Å². The molecule has 21 heavy (non-hydrogen) atoms. The van der Waals surface area contributed by atoms with Gasteiger partial charge in [0.1, 0.15) is 0 Å². The summed E-state index contributed by atoms with van der Waals surface area (Å²) in [6.07, 6.45) is 3.21. The van der Waals surface area contributed by atoms with Crippen molar-refractivity contribution in [1.82, 2.24) is 10.3 Å². The minimum Gasteiger partial charge on any atom is -0.387 e. The first kappa shape index (κ1) is 15.5. The van der Waals surface area contributed by atoms with Gasteiger partial charge in [0.05, 0.1) is 18.0 Å². The second-order valence-electron chi connectivity index (χ2n) is 4.96. The molecule has 3 N–H and O–H groups in total. The smallest absolute Gasteiger partial charge is 0.319 e. The molecule has 2 aromatic heterocycles. The van der Waals surface area contributed by atoms with Gasteiger partial charge in [-0.25, -0.2) is 4.79 Å². The van der Waals surface area contributed by atoms with Gasteiger partial charge >= 0.3 is 6.03 Å². The van der Waals surface area contributed by atoms with Gasteiger partial charge in [-0.05, 0) is 43.3 Å². The van der Waals surface area contributed by atoms with Crippen molar-refractivity contribution in [2.75, 3.05) is 5.32 Å². The number of aliphatic hydroxyl groups excluding tert-OH is 1. The van der Waals surface area contributed by atoms with E-state index in [1.807, 2.05) is 37.4 Å². The van der Waals surface area contributed by atoms with Crippen molar-refractivity contribution < 1.29 is 9.90 Å². The van der Waals surface area contributed by atoms with E-state index in [1.165, 1.54) is 11.3 Å². The maximum atomic E-state index is 11.9. The van der Waals surface area contributed by atoms with Crippen molar-refractivity contribution >= 4 is 23.1 Å². The highest BCUT2D eigenvalue weighted by Gasteiger charge is 2.15. The Labute approximate surface area is 128 Å². The Hall–Kier alpha value is -1.92. The van der Waals surface area contributed by atoms with Crippen molar-refractivity contribution in [2.24, 2.45) is 0 Å². The van der Waals surface area contributed by atoms with Crippen LogP contribution in [0.4, 0.5) is 10.5 Å². The van der Waals surface area contributed by atoms with E-state index in [0.29, 0.717) is 12.1 Å². The standard InChI is InChI=1S/C15H19N3O2S/c1-10-5-6-16-9-12(10)18-15(20)17-11(2)8-13(19)14-4-3-7-21-14/h3-7,9,11,13,19H,8H2,1-2H3,(H2,17,18,20)/t11-,13+/m1/s1. The molecular formula is C15H19N3O2S. The highest BCUT2D eigenvalue weighted by atomic mass is 32.1. The molecule has 6 heteroatoms. The molecule has 0 radical (unpaired) electrons. The SMILES string of the molecule is Cc1ccncc1NC(=O)N[C@H](C)C[C@H](O)c1cccs1. The number of aromatic nitrogens is 1. The van der Waals surface area contributed by atoms with Gasteiger partial charge < -0.3 is 15.7 Å². The second-order valence-corrected chi connectivity index (χ2v) is 5.94. The summed E-state index contributed by atoms with van der Waals surface area (Å²) in [5.41, 5.74) is 1.63. The summed E-state index contributed by atoms with van der Waals surface area (Å²) in [6.45, 7) is 3.77. The maximum Gasteiger partial charge on any atom is 0.319 e. The van der Waals surface area contributed by atoms with Crippen molar-refractivity contribution in [2.45, 2.75) is 32.4 Å². The van der Waals surface area contributed by atoms with E-state index in [4.69, 9.17) is 0 Å². The van der Waals surface area contributed by atoms with Gasteiger partial charge in [-0.2, -0.15) is 0 Å². The Morgan fingerprint density at radius 3 is 2.95 bits per heavy atom. The lowest BCUT2D eigenvalue weighted by atomic mass is 10.1. The zero-order chi connectivity index (χ0) is 15.2. The van der Waals surface area contributed by atoms with Crippen LogP contribution in [0.15, 0.2) is 36.0 Å². The number of nitrogens with one attached hydrogen (secondary N) is 2. The summed E-state index contributed by atoms with van der Waals surface area (Å²) in [5.74, 6) is 0. The average molecular weight is 305 g/mol. The van der Waals surface area contributed by atoms with Crippen LogP contribution in [-0.4, -0.2) is 22.2 Å². The minimum absolute atomic E-state index is 0.140. The molecule has 5 nitrogen and oxygen atoms in total. The lowest BCUT2D eigenvalue weighted by Gasteiger charge is -2.18. The number of nitrogens with zero attached hydrogens (tertiary/aromatic N) is 1. The van der Waals surface area contributed by atoms with Gasteiger partial charge in [-0.3, -0.25) is 4.98 Å². The summed E-state index contributed by atoms with van der Waals surface area (Å²) < 4.78 is 0. The molecule has 0 fully saturated rings. The molecule has 112 valence electrons. The first-order chi connectivity index (χ1) is 10.1. The topological polar surface area (TPSA) is 74.2 Å². The molecule has 0 aliphatic carbocycles. The lowest BCUT2D eigenvalue weighted by Crippen LogP contribution is -2.37. The van der Waals surface area contributed by atoms with Crippen molar-refractivity contribution in [3.63, 3.8) is 0 Å². The van der Waals surface area contributed by atoms with E-state index in [2.05, 4.69) is 15.6 Å². The molecule has 2 heterocycles. The van der Waals surface area contributed by atoms with Crippen LogP contribution in [0.2, 0.25) is 0 Å². The number of anilines is 1. The summed E-state index contributed by atoms with van der Waals surface area (Å²) in [4.78, 5) is 16.8. The second kappa shape index (κ2) is 7.19. The number of pyridine rings is 1. The third-order valence-corrected chi connectivity index (χ3v) is 4.09. The van der Waals surface area contributed by atoms with Crippen molar-refractivity contribution in [3.05, 3.63) is 46.4 Å². The number of thiophene rings is 1. The fraction of sp³-hybridized carbons (Fsp3) is 0.333. The van der Waals surface area contributed by atoms with Gasteiger partial charge in [-0.1, -0.05) is 6.07 Å². The minimum atomic E-state index is -0.555. The van der Waals surface area contributed by atoms with Crippen LogP contribution in [-0.2, 0) is 0 Å². The van der Waals surface area contributed by atoms with E-state index in [-0.39, 0.29) is 12.1 Å². The molecule has 2 rings (SSSR count). The number of hydrogen-bond donors (Lipinski definition) is 3. The highest BCUT2D eigenvalue weighted by molar-refractivity contribution is 7.10. The number of aryl methyl sites for hydroxylation is 1. The summed E-state index contributed by atoms with van der Waals surface area (Å²) >= 11 is 1.51. The highest BCUT2D eigenvalue weighted by Crippen LogP contribution is 2.22. The molecule has 2 aromatic rings. The number of hydrogen-bond acceptors (Lipinski definition) is 4. The quantitative estimate of drug-likeness (QED) is 0.794.